The molecule has 0 saturated heterocycles. The normalized spacial score (nSPS) is 12.2. The predicted molar refractivity (Wildman–Crippen MR) is 75.2 cm³/mol. The minimum absolute atomic E-state index is 0.0625. The number of hydrogen-bond donors (Lipinski definition) is 0. The second kappa shape index (κ2) is 7.24. The summed E-state index contributed by atoms with van der Waals surface area (Å²) in [5.41, 5.74) is -4.34. The van der Waals surface area contributed by atoms with E-state index in [0.29, 0.717) is 0 Å². The third kappa shape index (κ3) is 4.08. The summed E-state index contributed by atoms with van der Waals surface area (Å²) in [7, 11) is -4.58. The van der Waals surface area contributed by atoms with E-state index in [1.54, 1.807) is 0 Å². The van der Waals surface area contributed by atoms with Gasteiger partial charge in [-0.1, -0.05) is 0 Å². The van der Waals surface area contributed by atoms with Crippen LogP contribution in [0.2, 0.25) is 0 Å². The maximum atomic E-state index is 12.8. The van der Waals surface area contributed by atoms with Gasteiger partial charge >= 0.3 is 13.8 Å². The molecule has 1 aromatic rings. The van der Waals surface area contributed by atoms with Gasteiger partial charge in [-0.15, -0.1) is 0 Å². The lowest BCUT2D eigenvalue weighted by Gasteiger charge is -2.18. The molecule has 0 amide bonds. The molecule has 1 rings (SSSR count). The third-order valence-electron chi connectivity index (χ3n) is 2.66. The van der Waals surface area contributed by atoms with Crippen LogP contribution in [-0.4, -0.2) is 23.1 Å². The van der Waals surface area contributed by atoms with Gasteiger partial charge < -0.3 is 9.05 Å². The van der Waals surface area contributed by atoms with E-state index in [9.17, 15) is 38.0 Å². The molecule has 0 N–H and O–H groups in total. The van der Waals surface area contributed by atoms with Gasteiger partial charge in [0.2, 0.25) is 5.30 Å². The molecule has 1 aromatic carbocycles. The summed E-state index contributed by atoms with van der Waals surface area (Å²) in [5, 5.41) is 21.1. The van der Waals surface area contributed by atoms with Crippen LogP contribution in [0.3, 0.4) is 0 Å². The summed E-state index contributed by atoms with van der Waals surface area (Å²) in [6.07, 6.45) is -5.07. The van der Waals surface area contributed by atoms with E-state index in [2.05, 4.69) is 0 Å². The number of benzene rings is 1. The van der Waals surface area contributed by atoms with Gasteiger partial charge in [0.05, 0.1) is 28.6 Å². The highest BCUT2D eigenvalue weighted by Gasteiger charge is 2.46. The lowest BCUT2D eigenvalue weighted by molar-refractivity contribution is -0.392. The molecule has 134 valence electrons. The van der Waals surface area contributed by atoms with Gasteiger partial charge in [0.25, 0.3) is 11.4 Å². The van der Waals surface area contributed by atoms with Crippen molar-refractivity contribution < 1.29 is 36.6 Å². The molecule has 0 spiro atoms. The van der Waals surface area contributed by atoms with Crippen LogP contribution in [0.4, 0.5) is 24.5 Å². The fourth-order valence-corrected chi connectivity index (χ4v) is 3.70. The molecule has 0 aliphatic carbocycles. The second-order valence-electron chi connectivity index (χ2n) is 4.21. The highest BCUT2D eigenvalue weighted by Crippen LogP contribution is 2.52. The molecule has 24 heavy (non-hydrogen) atoms. The van der Waals surface area contributed by atoms with Crippen LogP contribution in [0.25, 0.3) is 0 Å². The average Bonchev–Trinajstić information content (AvgIpc) is 2.45. The van der Waals surface area contributed by atoms with Gasteiger partial charge in [0, 0.05) is 12.1 Å². The van der Waals surface area contributed by atoms with Crippen LogP contribution in [0.1, 0.15) is 19.4 Å². The molecule has 0 aliphatic rings. The zero-order chi connectivity index (χ0) is 18.7. The molecule has 9 nitrogen and oxygen atoms in total. The highest BCUT2D eigenvalue weighted by molar-refractivity contribution is 7.62. The largest absolute Gasteiger partial charge is 0.416 e. The smallest absolute Gasteiger partial charge is 0.305 e. The molecule has 0 aliphatic heterocycles. The van der Waals surface area contributed by atoms with Crippen molar-refractivity contribution >= 4 is 24.3 Å². The number of hydrogen-bond acceptors (Lipinski definition) is 7. The van der Waals surface area contributed by atoms with Crippen molar-refractivity contribution in [3.05, 3.63) is 37.9 Å². The highest BCUT2D eigenvalue weighted by atomic mass is 31.2. The fourth-order valence-electron chi connectivity index (χ4n) is 1.83. The fraction of sp³-hybridized carbons (Fsp3) is 0.455. The van der Waals surface area contributed by atoms with Gasteiger partial charge in [0.15, 0.2) is 0 Å². The maximum Gasteiger partial charge on any atom is 0.416 e. The second-order valence-corrected chi connectivity index (χ2v) is 6.17. The molecule has 0 radical (unpaired) electrons. The topological polar surface area (TPSA) is 122 Å². The van der Waals surface area contributed by atoms with E-state index < -0.39 is 45.9 Å². The number of nitro benzene ring substituents is 2. The third-order valence-corrected chi connectivity index (χ3v) is 4.86. The zero-order valence-electron chi connectivity index (χ0n) is 12.4. The minimum Gasteiger partial charge on any atom is -0.305 e. The van der Waals surface area contributed by atoms with Gasteiger partial charge in [-0.3, -0.25) is 24.8 Å². The number of nitro groups is 2. The monoisotopic (exact) mass is 372 g/mol. The van der Waals surface area contributed by atoms with Crippen molar-refractivity contribution in [2.75, 3.05) is 13.2 Å². The summed E-state index contributed by atoms with van der Waals surface area (Å²) in [6, 6.07) is 0.125. The number of rotatable bonds is 7. The molecule has 0 heterocycles. The van der Waals surface area contributed by atoms with Crippen LogP contribution < -0.4 is 5.30 Å². The molecule has 0 unspecified atom stereocenters. The average molecular weight is 372 g/mol. The van der Waals surface area contributed by atoms with Gasteiger partial charge in [0.1, 0.15) is 0 Å². The minimum atomic E-state index is -5.07. The Balaban J connectivity index is 3.89. The lowest BCUT2D eigenvalue weighted by atomic mass is 10.1. The van der Waals surface area contributed by atoms with E-state index in [0.717, 1.165) is 0 Å². The first kappa shape index (κ1) is 20.0. The van der Waals surface area contributed by atoms with Crippen molar-refractivity contribution in [1.29, 1.82) is 0 Å². The van der Waals surface area contributed by atoms with Crippen molar-refractivity contribution in [1.82, 2.24) is 0 Å². The predicted octanol–water partition coefficient (Wildman–Crippen LogP) is 3.41. The number of nitrogens with zero attached hydrogens (tertiary/aromatic N) is 2. The van der Waals surface area contributed by atoms with Crippen LogP contribution in [0.15, 0.2) is 12.1 Å². The molecular formula is C11H12F3N2O7P. The zero-order valence-corrected chi connectivity index (χ0v) is 13.3. The van der Waals surface area contributed by atoms with Crippen molar-refractivity contribution in [3.63, 3.8) is 0 Å². The van der Waals surface area contributed by atoms with E-state index in [4.69, 9.17) is 9.05 Å². The summed E-state index contributed by atoms with van der Waals surface area (Å²) in [4.78, 5) is 19.6. The van der Waals surface area contributed by atoms with Gasteiger partial charge in [-0.2, -0.15) is 13.2 Å². The summed E-state index contributed by atoms with van der Waals surface area (Å²) < 4.78 is 60.8. The van der Waals surface area contributed by atoms with Crippen molar-refractivity contribution in [3.8, 4) is 0 Å². The van der Waals surface area contributed by atoms with Crippen LogP contribution >= 0.6 is 7.60 Å². The Bertz CT molecular complexity index is 662. The molecule has 0 fully saturated rings. The van der Waals surface area contributed by atoms with Crippen molar-refractivity contribution in [2.24, 2.45) is 0 Å². The van der Waals surface area contributed by atoms with Crippen molar-refractivity contribution in [2.45, 2.75) is 20.0 Å². The van der Waals surface area contributed by atoms with Crippen LogP contribution in [-0.2, 0) is 19.8 Å². The first-order chi connectivity index (χ1) is 11.0. The van der Waals surface area contributed by atoms with E-state index in [1.165, 1.54) is 13.8 Å². The van der Waals surface area contributed by atoms with Crippen LogP contribution in [0, 0.1) is 20.2 Å². The first-order valence-electron chi connectivity index (χ1n) is 6.41. The van der Waals surface area contributed by atoms with Gasteiger partial charge in [-0.05, 0) is 13.8 Å². The van der Waals surface area contributed by atoms with Crippen LogP contribution in [0.5, 0.6) is 0 Å². The molecule has 13 heteroatoms. The number of halogens is 3. The molecule has 0 atom stereocenters. The van der Waals surface area contributed by atoms with E-state index in [1.807, 2.05) is 0 Å². The lowest BCUT2D eigenvalue weighted by Crippen LogP contribution is -2.21. The quantitative estimate of drug-likeness (QED) is 0.408. The summed E-state index contributed by atoms with van der Waals surface area (Å²) in [6.45, 7) is 2.08. The SMILES string of the molecule is CCOP(=O)(OCC)c1c([N+](=O)[O-])cc(C(F)(F)F)cc1[N+](=O)[O-]. The Morgan fingerprint density at radius 3 is 1.67 bits per heavy atom. The Kier molecular flexibility index (Phi) is 6.04. The Hall–Kier alpha value is -2.04. The Morgan fingerprint density at radius 1 is 1.04 bits per heavy atom. The summed E-state index contributed by atoms with van der Waals surface area (Å²) in [5.74, 6) is 0. The number of alkyl halides is 3. The molecule has 0 aromatic heterocycles. The maximum absolute atomic E-state index is 12.8. The molecule has 0 saturated carbocycles. The molecular weight excluding hydrogens is 360 g/mol. The Labute approximate surface area is 133 Å². The standard InChI is InChI=1S/C11H12F3N2O7P/c1-3-22-24(21,23-4-2)10-8(15(17)18)5-7(11(12,13)14)6-9(10)16(19)20/h5-6H,3-4H2,1-2H3. The Morgan fingerprint density at radius 2 is 1.42 bits per heavy atom. The summed E-state index contributed by atoms with van der Waals surface area (Å²) >= 11 is 0. The first-order valence-corrected chi connectivity index (χ1v) is 7.95. The molecule has 0 bridgehead atoms. The van der Waals surface area contributed by atoms with Gasteiger partial charge in [-0.25, -0.2) is 0 Å². The van der Waals surface area contributed by atoms with E-state index >= 15 is 0 Å². The van der Waals surface area contributed by atoms with E-state index in [-0.39, 0.29) is 25.3 Å².